The SMILES string of the molecule is CNCCCCCC(N)O. The Morgan fingerprint density at radius 3 is 2.60 bits per heavy atom. The van der Waals surface area contributed by atoms with Crippen molar-refractivity contribution >= 4 is 0 Å². The van der Waals surface area contributed by atoms with Gasteiger partial charge in [-0.25, -0.2) is 0 Å². The third-order valence-electron chi connectivity index (χ3n) is 1.43. The van der Waals surface area contributed by atoms with Crippen molar-refractivity contribution in [2.24, 2.45) is 5.73 Å². The van der Waals surface area contributed by atoms with E-state index in [2.05, 4.69) is 5.32 Å². The minimum atomic E-state index is -0.616. The Kier molecular flexibility index (Phi) is 6.91. The molecule has 0 aliphatic rings. The number of rotatable bonds is 6. The van der Waals surface area contributed by atoms with Gasteiger partial charge in [-0.2, -0.15) is 0 Å². The van der Waals surface area contributed by atoms with E-state index in [-0.39, 0.29) is 0 Å². The Morgan fingerprint density at radius 1 is 1.40 bits per heavy atom. The highest BCUT2D eigenvalue weighted by atomic mass is 16.3. The number of nitrogens with one attached hydrogen (secondary N) is 1. The molecule has 0 bridgehead atoms. The van der Waals surface area contributed by atoms with Gasteiger partial charge in [0, 0.05) is 0 Å². The average Bonchev–Trinajstić information content (AvgIpc) is 1.87. The summed E-state index contributed by atoms with van der Waals surface area (Å²) in [6, 6.07) is 0. The van der Waals surface area contributed by atoms with Crippen LogP contribution in [0.1, 0.15) is 25.7 Å². The molecule has 0 fully saturated rings. The number of aliphatic hydroxyl groups is 1. The maximum atomic E-state index is 8.67. The van der Waals surface area contributed by atoms with Gasteiger partial charge in [-0.15, -0.1) is 0 Å². The van der Waals surface area contributed by atoms with Gasteiger partial charge in [0.25, 0.3) is 0 Å². The van der Waals surface area contributed by atoms with Gasteiger partial charge >= 0.3 is 0 Å². The molecule has 0 amide bonds. The zero-order chi connectivity index (χ0) is 7.82. The number of nitrogens with two attached hydrogens (primary N) is 1. The average molecular weight is 146 g/mol. The minimum Gasteiger partial charge on any atom is -0.379 e. The van der Waals surface area contributed by atoms with Gasteiger partial charge in [0.05, 0.1) is 0 Å². The summed E-state index contributed by atoms with van der Waals surface area (Å²) in [5.41, 5.74) is 5.15. The summed E-state index contributed by atoms with van der Waals surface area (Å²) in [5.74, 6) is 0. The van der Waals surface area contributed by atoms with Gasteiger partial charge in [-0.3, -0.25) is 0 Å². The van der Waals surface area contributed by atoms with Crippen molar-refractivity contribution in [3.05, 3.63) is 0 Å². The Labute approximate surface area is 62.6 Å². The summed E-state index contributed by atoms with van der Waals surface area (Å²) >= 11 is 0. The molecule has 1 atom stereocenters. The largest absolute Gasteiger partial charge is 0.379 e. The summed E-state index contributed by atoms with van der Waals surface area (Å²) in [5, 5.41) is 11.7. The Balaban J connectivity index is 2.77. The molecule has 3 heteroatoms. The topological polar surface area (TPSA) is 58.3 Å². The Hall–Kier alpha value is -0.120. The predicted octanol–water partition coefficient (Wildman–Crippen LogP) is 0.0433. The summed E-state index contributed by atoms with van der Waals surface area (Å²) in [7, 11) is 1.94. The number of aliphatic hydroxyl groups excluding tert-OH is 1. The van der Waals surface area contributed by atoms with E-state index in [1.54, 1.807) is 0 Å². The first-order valence-electron chi connectivity index (χ1n) is 3.85. The fourth-order valence-electron chi connectivity index (χ4n) is 0.832. The van der Waals surface area contributed by atoms with Crippen LogP contribution in [0, 0.1) is 0 Å². The Morgan fingerprint density at radius 2 is 2.10 bits per heavy atom. The van der Waals surface area contributed by atoms with Crippen molar-refractivity contribution in [2.75, 3.05) is 13.6 Å². The Bertz CT molecular complexity index is 66.6. The lowest BCUT2D eigenvalue weighted by Crippen LogP contribution is -2.18. The molecule has 0 aromatic heterocycles. The van der Waals surface area contributed by atoms with Gasteiger partial charge in [0.1, 0.15) is 6.23 Å². The molecule has 0 aliphatic carbocycles. The molecule has 0 saturated carbocycles. The van der Waals surface area contributed by atoms with Crippen LogP contribution in [0.25, 0.3) is 0 Å². The van der Waals surface area contributed by atoms with Crippen LogP contribution in [-0.4, -0.2) is 24.9 Å². The van der Waals surface area contributed by atoms with Crippen LogP contribution in [0.15, 0.2) is 0 Å². The third-order valence-corrected chi connectivity index (χ3v) is 1.43. The van der Waals surface area contributed by atoms with Gasteiger partial charge in [-0.05, 0) is 32.9 Å². The van der Waals surface area contributed by atoms with Crippen molar-refractivity contribution in [1.29, 1.82) is 0 Å². The molecule has 0 rings (SSSR count). The maximum absolute atomic E-state index is 8.67. The molecule has 0 aromatic carbocycles. The van der Waals surface area contributed by atoms with E-state index in [0.29, 0.717) is 0 Å². The highest BCUT2D eigenvalue weighted by Gasteiger charge is 1.94. The van der Waals surface area contributed by atoms with Crippen LogP contribution in [0.2, 0.25) is 0 Å². The molecule has 10 heavy (non-hydrogen) atoms. The normalized spacial score (nSPS) is 13.5. The van der Waals surface area contributed by atoms with E-state index in [1.165, 1.54) is 6.42 Å². The van der Waals surface area contributed by atoms with Crippen LogP contribution in [0.3, 0.4) is 0 Å². The van der Waals surface area contributed by atoms with Crippen LogP contribution in [0.5, 0.6) is 0 Å². The van der Waals surface area contributed by atoms with Crippen molar-refractivity contribution in [3.8, 4) is 0 Å². The zero-order valence-corrected chi connectivity index (χ0v) is 6.64. The standard InChI is InChI=1S/C7H18N2O/c1-9-6-4-2-3-5-7(8)10/h7,9-10H,2-6,8H2,1H3. The predicted molar refractivity (Wildman–Crippen MR) is 42.6 cm³/mol. The summed E-state index contributed by atoms with van der Waals surface area (Å²) in [6.45, 7) is 1.06. The first kappa shape index (κ1) is 9.88. The first-order chi connectivity index (χ1) is 4.77. The van der Waals surface area contributed by atoms with E-state index in [0.717, 1.165) is 25.8 Å². The van der Waals surface area contributed by atoms with Crippen molar-refractivity contribution < 1.29 is 5.11 Å². The lowest BCUT2D eigenvalue weighted by molar-refractivity contribution is 0.168. The second-order valence-electron chi connectivity index (χ2n) is 2.52. The molecule has 4 N–H and O–H groups in total. The molecule has 0 spiro atoms. The minimum absolute atomic E-state index is 0.616. The van der Waals surface area contributed by atoms with Gasteiger partial charge in [0.15, 0.2) is 0 Å². The number of unbranched alkanes of at least 4 members (excludes halogenated alkanes) is 2. The summed E-state index contributed by atoms with van der Waals surface area (Å²) in [6.07, 6.45) is 3.45. The highest BCUT2D eigenvalue weighted by molar-refractivity contribution is 4.48. The fraction of sp³-hybridized carbons (Fsp3) is 1.00. The van der Waals surface area contributed by atoms with Crippen LogP contribution < -0.4 is 11.1 Å². The second kappa shape index (κ2) is 6.99. The smallest absolute Gasteiger partial charge is 0.102 e. The molecular formula is C7H18N2O. The van der Waals surface area contributed by atoms with E-state index in [1.807, 2.05) is 7.05 Å². The van der Waals surface area contributed by atoms with E-state index in [9.17, 15) is 0 Å². The van der Waals surface area contributed by atoms with Gasteiger partial charge in [0.2, 0.25) is 0 Å². The molecule has 0 saturated heterocycles. The van der Waals surface area contributed by atoms with Crippen LogP contribution in [-0.2, 0) is 0 Å². The summed E-state index contributed by atoms with van der Waals surface area (Å²) < 4.78 is 0. The number of hydrogen-bond acceptors (Lipinski definition) is 3. The van der Waals surface area contributed by atoms with E-state index in [4.69, 9.17) is 10.8 Å². The number of hydrogen-bond donors (Lipinski definition) is 3. The van der Waals surface area contributed by atoms with Crippen LogP contribution >= 0.6 is 0 Å². The summed E-state index contributed by atoms with van der Waals surface area (Å²) in [4.78, 5) is 0. The van der Waals surface area contributed by atoms with E-state index < -0.39 is 6.23 Å². The monoisotopic (exact) mass is 146 g/mol. The quantitative estimate of drug-likeness (QED) is 0.366. The molecule has 0 aliphatic heterocycles. The molecule has 3 nitrogen and oxygen atoms in total. The fourth-order valence-corrected chi connectivity index (χ4v) is 0.832. The molecule has 1 unspecified atom stereocenters. The van der Waals surface area contributed by atoms with Crippen molar-refractivity contribution in [2.45, 2.75) is 31.9 Å². The zero-order valence-electron chi connectivity index (χ0n) is 6.64. The first-order valence-corrected chi connectivity index (χ1v) is 3.85. The van der Waals surface area contributed by atoms with E-state index >= 15 is 0 Å². The van der Waals surface area contributed by atoms with Gasteiger partial charge in [-0.1, -0.05) is 6.42 Å². The van der Waals surface area contributed by atoms with Gasteiger partial charge < -0.3 is 16.2 Å². The molecule has 0 heterocycles. The highest BCUT2D eigenvalue weighted by Crippen LogP contribution is 1.99. The molecule has 0 radical (unpaired) electrons. The molecule has 62 valence electrons. The lowest BCUT2D eigenvalue weighted by Gasteiger charge is -2.02. The second-order valence-corrected chi connectivity index (χ2v) is 2.52. The van der Waals surface area contributed by atoms with Crippen molar-refractivity contribution in [3.63, 3.8) is 0 Å². The molecular weight excluding hydrogens is 128 g/mol. The van der Waals surface area contributed by atoms with Crippen molar-refractivity contribution in [1.82, 2.24) is 5.32 Å². The lowest BCUT2D eigenvalue weighted by atomic mass is 10.2. The third kappa shape index (κ3) is 7.88. The maximum Gasteiger partial charge on any atom is 0.102 e. The molecule has 0 aromatic rings. The van der Waals surface area contributed by atoms with Crippen LogP contribution in [0.4, 0.5) is 0 Å².